The number of benzene rings is 1. The van der Waals surface area contributed by atoms with E-state index in [9.17, 15) is 19.5 Å². The summed E-state index contributed by atoms with van der Waals surface area (Å²) in [6.07, 6.45) is 4.85. The van der Waals surface area contributed by atoms with E-state index >= 15 is 0 Å². The summed E-state index contributed by atoms with van der Waals surface area (Å²) in [6.45, 7) is 1.73. The molecule has 1 atom stereocenters. The Balaban J connectivity index is 1.80. The molecule has 4 rings (SSSR count). The fourth-order valence-electron chi connectivity index (χ4n) is 4.87. The number of nitrogens with one attached hydrogen (secondary N) is 1. The molecular weight excluding hydrogens is 440 g/mol. The van der Waals surface area contributed by atoms with Crippen LogP contribution >= 0.6 is 0 Å². The number of carbonyl (C=O) groups excluding carboxylic acids is 1. The number of carbonyl (C=O) groups is 1. The Morgan fingerprint density at radius 1 is 1.18 bits per heavy atom. The normalized spacial score (nSPS) is 18.6. The molecule has 1 amide bonds. The number of rotatable bonds is 6. The minimum atomic E-state index is -0.723. The van der Waals surface area contributed by atoms with Crippen LogP contribution in [0.15, 0.2) is 32.9 Å². The van der Waals surface area contributed by atoms with Crippen molar-refractivity contribution in [2.45, 2.75) is 64.0 Å². The van der Waals surface area contributed by atoms with E-state index in [0.29, 0.717) is 17.1 Å². The van der Waals surface area contributed by atoms with Crippen molar-refractivity contribution in [3.63, 3.8) is 0 Å². The fraction of sp³-hybridized carbons (Fsp3) is 0.500. The van der Waals surface area contributed by atoms with Crippen molar-refractivity contribution in [1.29, 1.82) is 0 Å². The SMILES string of the molecule is CCC(=O)N1N=C(c2c(O)n(C3CCCCC3)c(=O)[nH]c2=O)C[C@@H]1c1ccc(OC)cc1OC. The zero-order chi connectivity index (χ0) is 24.4. The molecule has 182 valence electrons. The average Bonchev–Trinajstić information content (AvgIpc) is 3.28. The van der Waals surface area contributed by atoms with Gasteiger partial charge in [-0.3, -0.25) is 19.1 Å². The standard InChI is InChI=1S/C24H30N4O6/c1-4-20(29)28-18(16-11-10-15(33-2)12-19(16)34-3)13-17(26-28)21-22(30)25-24(32)27(23(21)31)14-8-6-5-7-9-14/h10-12,14,18,31H,4-9,13H2,1-3H3,(H,25,30,32)/t18-/m1/s1. The number of aromatic amines is 1. The number of hydrogen-bond donors (Lipinski definition) is 2. The van der Waals surface area contributed by atoms with Gasteiger partial charge in [-0.25, -0.2) is 9.80 Å². The van der Waals surface area contributed by atoms with Crippen molar-refractivity contribution >= 4 is 11.6 Å². The molecule has 0 bridgehead atoms. The number of H-pyrrole nitrogens is 1. The molecule has 0 radical (unpaired) electrons. The van der Waals surface area contributed by atoms with Crippen LogP contribution in [0, 0.1) is 0 Å². The number of nitrogens with zero attached hydrogens (tertiary/aromatic N) is 3. The maximum Gasteiger partial charge on any atom is 0.331 e. The Bertz CT molecular complexity index is 1220. The molecule has 10 nitrogen and oxygen atoms in total. The number of amides is 1. The predicted octanol–water partition coefficient (Wildman–Crippen LogP) is 2.85. The minimum Gasteiger partial charge on any atom is -0.497 e. The first kappa shape index (κ1) is 23.6. The maximum absolute atomic E-state index is 12.8. The first-order valence-corrected chi connectivity index (χ1v) is 11.6. The van der Waals surface area contributed by atoms with Crippen LogP contribution in [0.4, 0.5) is 0 Å². The Morgan fingerprint density at radius 2 is 1.91 bits per heavy atom. The molecule has 1 aliphatic carbocycles. The molecule has 0 saturated heterocycles. The smallest absolute Gasteiger partial charge is 0.331 e. The van der Waals surface area contributed by atoms with E-state index in [1.807, 2.05) is 0 Å². The van der Waals surface area contributed by atoms with Crippen molar-refractivity contribution < 1.29 is 19.4 Å². The number of ether oxygens (including phenoxy) is 2. The second-order valence-electron chi connectivity index (χ2n) is 8.59. The second-order valence-corrected chi connectivity index (χ2v) is 8.59. The van der Waals surface area contributed by atoms with E-state index in [0.717, 1.165) is 32.1 Å². The third-order valence-electron chi connectivity index (χ3n) is 6.61. The van der Waals surface area contributed by atoms with Gasteiger partial charge in [0.1, 0.15) is 17.1 Å². The fourth-order valence-corrected chi connectivity index (χ4v) is 4.87. The van der Waals surface area contributed by atoms with Crippen LogP contribution < -0.4 is 20.7 Å². The summed E-state index contributed by atoms with van der Waals surface area (Å²) < 4.78 is 12.1. The Labute approximate surface area is 196 Å². The summed E-state index contributed by atoms with van der Waals surface area (Å²) in [6, 6.07) is 4.54. The molecule has 34 heavy (non-hydrogen) atoms. The Morgan fingerprint density at radius 3 is 2.56 bits per heavy atom. The monoisotopic (exact) mass is 470 g/mol. The van der Waals surface area contributed by atoms with Crippen molar-refractivity contribution in [1.82, 2.24) is 14.6 Å². The van der Waals surface area contributed by atoms with Crippen molar-refractivity contribution in [3.05, 3.63) is 50.2 Å². The summed E-state index contributed by atoms with van der Waals surface area (Å²) in [4.78, 5) is 40.5. The zero-order valence-electron chi connectivity index (χ0n) is 19.7. The molecule has 1 aromatic carbocycles. The van der Waals surface area contributed by atoms with Crippen LogP contribution in [0.5, 0.6) is 17.4 Å². The van der Waals surface area contributed by atoms with Gasteiger partial charge in [0.15, 0.2) is 0 Å². The Hall–Kier alpha value is -3.56. The molecule has 2 aliphatic rings. The zero-order valence-corrected chi connectivity index (χ0v) is 19.7. The highest BCUT2D eigenvalue weighted by Crippen LogP contribution is 2.40. The molecule has 10 heteroatoms. The van der Waals surface area contributed by atoms with Gasteiger partial charge in [-0.2, -0.15) is 5.10 Å². The molecule has 2 N–H and O–H groups in total. The van der Waals surface area contributed by atoms with Crippen LogP contribution in [-0.4, -0.2) is 45.5 Å². The molecule has 1 fully saturated rings. The van der Waals surface area contributed by atoms with Crippen molar-refractivity contribution in [2.24, 2.45) is 5.10 Å². The van der Waals surface area contributed by atoms with Crippen LogP contribution in [0.2, 0.25) is 0 Å². The molecule has 1 aromatic heterocycles. The van der Waals surface area contributed by atoms with E-state index < -0.39 is 23.2 Å². The van der Waals surface area contributed by atoms with Crippen molar-refractivity contribution in [2.75, 3.05) is 14.2 Å². The van der Waals surface area contributed by atoms with Gasteiger partial charge in [0.25, 0.3) is 5.56 Å². The first-order chi connectivity index (χ1) is 16.4. The summed E-state index contributed by atoms with van der Waals surface area (Å²) in [5.41, 5.74) is -0.492. The molecule has 2 aromatic rings. The largest absolute Gasteiger partial charge is 0.497 e. The third-order valence-corrected chi connectivity index (χ3v) is 6.61. The van der Waals surface area contributed by atoms with E-state index in [1.54, 1.807) is 32.2 Å². The van der Waals surface area contributed by atoms with Gasteiger partial charge < -0.3 is 14.6 Å². The van der Waals surface area contributed by atoms with Crippen LogP contribution in [-0.2, 0) is 4.79 Å². The molecular formula is C24H30N4O6. The van der Waals surface area contributed by atoms with Gasteiger partial charge in [-0.1, -0.05) is 26.2 Å². The number of hydrogen-bond acceptors (Lipinski definition) is 7. The summed E-state index contributed by atoms with van der Waals surface area (Å²) in [5.74, 6) is 0.474. The van der Waals surface area contributed by atoms with Crippen LogP contribution in [0.1, 0.15) is 75.1 Å². The lowest BCUT2D eigenvalue weighted by Crippen LogP contribution is -2.36. The summed E-state index contributed by atoms with van der Waals surface area (Å²) in [5, 5.41) is 16.9. The number of hydrazone groups is 1. The predicted molar refractivity (Wildman–Crippen MR) is 126 cm³/mol. The minimum absolute atomic E-state index is 0.0749. The molecule has 1 aliphatic heterocycles. The van der Waals surface area contributed by atoms with Gasteiger partial charge in [-0.05, 0) is 25.0 Å². The number of methoxy groups -OCH3 is 2. The van der Waals surface area contributed by atoms with Gasteiger partial charge in [0.05, 0.1) is 26.0 Å². The van der Waals surface area contributed by atoms with Gasteiger partial charge in [0.2, 0.25) is 11.8 Å². The second kappa shape index (κ2) is 9.74. The quantitative estimate of drug-likeness (QED) is 0.669. The van der Waals surface area contributed by atoms with Gasteiger partial charge >= 0.3 is 5.69 Å². The van der Waals surface area contributed by atoms with Crippen LogP contribution in [0.25, 0.3) is 0 Å². The maximum atomic E-state index is 12.8. The summed E-state index contributed by atoms with van der Waals surface area (Å²) >= 11 is 0. The van der Waals surface area contributed by atoms with Crippen molar-refractivity contribution in [3.8, 4) is 17.4 Å². The topological polar surface area (TPSA) is 126 Å². The number of aromatic nitrogens is 2. The van der Waals surface area contributed by atoms with E-state index in [1.165, 1.54) is 16.7 Å². The highest BCUT2D eigenvalue weighted by molar-refractivity contribution is 6.04. The lowest BCUT2D eigenvalue weighted by atomic mass is 9.94. The Kier molecular flexibility index (Phi) is 6.76. The lowest BCUT2D eigenvalue weighted by molar-refractivity contribution is -0.132. The highest BCUT2D eigenvalue weighted by atomic mass is 16.5. The molecule has 2 heterocycles. The molecule has 0 spiro atoms. The lowest BCUT2D eigenvalue weighted by Gasteiger charge is -2.25. The molecule has 1 saturated carbocycles. The highest BCUT2D eigenvalue weighted by Gasteiger charge is 2.37. The first-order valence-electron chi connectivity index (χ1n) is 11.6. The van der Waals surface area contributed by atoms with Gasteiger partial charge in [-0.15, -0.1) is 0 Å². The van der Waals surface area contributed by atoms with Crippen LogP contribution in [0.3, 0.4) is 0 Å². The van der Waals surface area contributed by atoms with E-state index in [2.05, 4.69) is 10.1 Å². The van der Waals surface area contributed by atoms with E-state index in [-0.39, 0.29) is 36.1 Å². The summed E-state index contributed by atoms with van der Waals surface area (Å²) in [7, 11) is 3.08. The third kappa shape index (κ3) is 4.20. The average molecular weight is 471 g/mol. The van der Waals surface area contributed by atoms with Gasteiger partial charge in [0, 0.05) is 30.5 Å². The molecule has 0 unspecified atom stereocenters. The van der Waals surface area contributed by atoms with E-state index in [4.69, 9.17) is 9.47 Å². The number of aromatic hydroxyl groups is 1.